The predicted molar refractivity (Wildman–Crippen MR) is 124 cm³/mol. The van der Waals surface area contributed by atoms with Crippen LogP contribution in [0.15, 0.2) is 30.3 Å². The van der Waals surface area contributed by atoms with Gasteiger partial charge in [-0.2, -0.15) is 0 Å². The fraction of sp³-hybridized carbons (Fsp3) is 0.381. The first-order valence-electron chi connectivity index (χ1n) is 9.93. The molecule has 10 heteroatoms. The Morgan fingerprint density at radius 3 is 2.48 bits per heavy atom. The third kappa shape index (κ3) is 4.96. The van der Waals surface area contributed by atoms with Crippen molar-refractivity contribution in [2.45, 2.75) is 25.2 Å². The summed E-state index contributed by atoms with van der Waals surface area (Å²) in [6.45, 7) is 1.72. The second kappa shape index (κ2) is 9.16. The normalized spacial score (nSPS) is 18.9. The summed E-state index contributed by atoms with van der Waals surface area (Å²) in [4.78, 5) is 13.0. The quantitative estimate of drug-likeness (QED) is 0.612. The Balaban J connectivity index is 1.62. The van der Waals surface area contributed by atoms with Gasteiger partial charge in [0, 0.05) is 30.5 Å². The number of amides is 1. The van der Waals surface area contributed by atoms with E-state index >= 15 is 0 Å². The Bertz CT molecular complexity index is 1120. The van der Waals surface area contributed by atoms with Gasteiger partial charge < -0.3 is 10.1 Å². The molecule has 4 rings (SSSR count). The molecule has 6 nitrogen and oxygen atoms in total. The van der Waals surface area contributed by atoms with Crippen molar-refractivity contribution in [3.63, 3.8) is 0 Å². The van der Waals surface area contributed by atoms with E-state index in [0.717, 1.165) is 18.4 Å². The Morgan fingerprint density at radius 1 is 1.06 bits per heavy atom. The van der Waals surface area contributed by atoms with Crippen LogP contribution >= 0.6 is 34.8 Å². The van der Waals surface area contributed by atoms with Crippen LogP contribution in [-0.4, -0.2) is 39.8 Å². The maximum atomic E-state index is 13.0. The lowest BCUT2D eigenvalue weighted by Crippen LogP contribution is -2.25. The number of anilines is 2. The number of hydrogen-bond acceptors (Lipinski definition) is 4. The molecule has 2 aromatic carbocycles. The largest absolute Gasteiger partial charge is 0.381 e. The fourth-order valence-electron chi connectivity index (χ4n) is 3.96. The zero-order valence-corrected chi connectivity index (χ0v) is 19.6. The van der Waals surface area contributed by atoms with Crippen LogP contribution in [0.1, 0.15) is 41.1 Å². The Kier molecular flexibility index (Phi) is 6.70. The minimum atomic E-state index is -3.42. The van der Waals surface area contributed by atoms with Gasteiger partial charge in [0.25, 0.3) is 5.91 Å². The number of carbonyl (C=O) groups is 1. The zero-order valence-electron chi connectivity index (χ0n) is 16.5. The molecule has 31 heavy (non-hydrogen) atoms. The molecule has 2 aromatic rings. The lowest BCUT2D eigenvalue weighted by atomic mass is 9.91. The third-order valence-corrected chi connectivity index (χ3v) is 8.41. The van der Waals surface area contributed by atoms with E-state index in [2.05, 4.69) is 5.32 Å². The molecule has 0 spiro atoms. The minimum Gasteiger partial charge on any atom is -0.381 e. The maximum Gasteiger partial charge on any atom is 0.257 e. The standard InChI is InChI=1S/C21H21Cl3N2O4S/c22-15-8-14(13-2-5-30-6-3-13)9-16(10-15)25-21(27)18-11-17(12-19(23)20(18)24)26-4-1-7-31(26,28)29/h8-13H,1-7H2,(H,25,27). The number of halogens is 3. The van der Waals surface area contributed by atoms with Gasteiger partial charge in [-0.3, -0.25) is 9.10 Å². The van der Waals surface area contributed by atoms with Crippen molar-refractivity contribution in [2.75, 3.05) is 35.1 Å². The Labute approximate surface area is 196 Å². The van der Waals surface area contributed by atoms with Crippen LogP contribution in [0.4, 0.5) is 11.4 Å². The number of nitrogens with zero attached hydrogens (tertiary/aromatic N) is 1. The van der Waals surface area contributed by atoms with Crippen molar-refractivity contribution in [2.24, 2.45) is 0 Å². The van der Waals surface area contributed by atoms with Crippen LogP contribution in [0.5, 0.6) is 0 Å². The average Bonchev–Trinajstić information content (AvgIpc) is 3.09. The van der Waals surface area contributed by atoms with Crippen LogP contribution in [0.3, 0.4) is 0 Å². The maximum absolute atomic E-state index is 13.0. The SMILES string of the molecule is O=C(Nc1cc(Cl)cc(C2CCOCC2)c1)c1cc(N2CCCS2(=O)=O)cc(Cl)c1Cl. The van der Waals surface area contributed by atoms with Crippen LogP contribution in [-0.2, 0) is 14.8 Å². The van der Waals surface area contributed by atoms with E-state index in [4.69, 9.17) is 39.5 Å². The molecule has 0 bridgehead atoms. The molecular weight excluding hydrogens is 483 g/mol. The summed E-state index contributed by atoms with van der Waals surface area (Å²) in [6, 6.07) is 8.37. The van der Waals surface area contributed by atoms with E-state index in [9.17, 15) is 13.2 Å². The number of sulfonamides is 1. The summed E-state index contributed by atoms with van der Waals surface area (Å²) in [6.07, 6.45) is 2.30. The molecule has 1 amide bonds. The van der Waals surface area contributed by atoms with E-state index in [1.165, 1.54) is 16.4 Å². The zero-order chi connectivity index (χ0) is 22.2. The van der Waals surface area contributed by atoms with Gasteiger partial charge in [-0.25, -0.2) is 8.42 Å². The fourth-order valence-corrected chi connectivity index (χ4v) is 6.16. The molecule has 1 N–H and O–H groups in total. The monoisotopic (exact) mass is 502 g/mol. The number of ether oxygens (including phenoxy) is 1. The van der Waals surface area contributed by atoms with E-state index < -0.39 is 15.9 Å². The molecule has 2 heterocycles. The number of hydrogen-bond donors (Lipinski definition) is 1. The molecule has 0 radical (unpaired) electrons. The number of rotatable bonds is 4. The van der Waals surface area contributed by atoms with E-state index in [-0.39, 0.29) is 21.4 Å². The van der Waals surface area contributed by atoms with Crippen molar-refractivity contribution in [3.05, 3.63) is 56.5 Å². The molecule has 0 atom stereocenters. The highest BCUT2D eigenvalue weighted by atomic mass is 35.5. The van der Waals surface area contributed by atoms with Gasteiger partial charge in [0.15, 0.2) is 0 Å². The summed E-state index contributed by atoms with van der Waals surface area (Å²) < 4.78 is 31.2. The summed E-state index contributed by atoms with van der Waals surface area (Å²) in [5.74, 6) is -0.123. The van der Waals surface area contributed by atoms with E-state index in [1.54, 1.807) is 6.07 Å². The third-order valence-electron chi connectivity index (χ3n) is 5.52. The summed E-state index contributed by atoms with van der Waals surface area (Å²) in [7, 11) is -3.42. The van der Waals surface area contributed by atoms with Gasteiger partial charge in [-0.15, -0.1) is 0 Å². The molecule has 2 aliphatic rings. The average molecular weight is 504 g/mol. The first kappa shape index (κ1) is 22.7. The molecule has 2 fully saturated rings. The van der Waals surface area contributed by atoms with Crippen molar-refractivity contribution >= 4 is 62.1 Å². The van der Waals surface area contributed by atoms with E-state index in [0.29, 0.717) is 48.5 Å². The lowest BCUT2D eigenvalue weighted by molar-refractivity contribution is 0.0853. The molecular formula is C21H21Cl3N2O4S. The van der Waals surface area contributed by atoms with Gasteiger partial charge in [0.2, 0.25) is 10.0 Å². The number of benzene rings is 2. The number of carbonyl (C=O) groups excluding carboxylic acids is 1. The van der Waals surface area contributed by atoms with Gasteiger partial charge in [-0.1, -0.05) is 34.8 Å². The molecule has 2 aliphatic heterocycles. The highest BCUT2D eigenvalue weighted by Crippen LogP contribution is 2.35. The summed E-state index contributed by atoms with van der Waals surface area (Å²) >= 11 is 18.8. The minimum absolute atomic E-state index is 0.0613. The molecule has 0 saturated carbocycles. The first-order valence-corrected chi connectivity index (χ1v) is 12.7. The summed E-state index contributed by atoms with van der Waals surface area (Å²) in [5, 5.41) is 3.51. The Morgan fingerprint density at radius 2 is 1.81 bits per heavy atom. The van der Waals surface area contributed by atoms with Crippen molar-refractivity contribution < 1.29 is 17.9 Å². The van der Waals surface area contributed by atoms with Crippen LogP contribution in [0.25, 0.3) is 0 Å². The van der Waals surface area contributed by atoms with Gasteiger partial charge in [0.1, 0.15) is 0 Å². The Hall–Kier alpha value is -1.51. The van der Waals surface area contributed by atoms with E-state index in [1.807, 2.05) is 12.1 Å². The van der Waals surface area contributed by atoms with Crippen molar-refractivity contribution in [1.29, 1.82) is 0 Å². The van der Waals surface area contributed by atoms with Gasteiger partial charge in [-0.05, 0) is 61.1 Å². The van der Waals surface area contributed by atoms with Crippen LogP contribution in [0, 0.1) is 0 Å². The van der Waals surface area contributed by atoms with Crippen molar-refractivity contribution in [3.8, 4) is 0 Å². The van der Waals surface area contributed by atoms with Gasteiger partial charge >= 0.3 is 0 Å². The molecule has 0 aromatic heterocycles. The number of nitrogens with one attached hydrogen (secondary N) is 1. The summed E-state index contributed by atoms with van der Waals surface area (Å²) in [5.41, 5.74) is 1.99. The molecule has 0 unspecified atom stereocenters. The predicted octanol–water partition coefficient (Wildman–Crippen LogP) is 5.33. The molecule has 2 saturated heterocycles. The van der Waals surface area contributed by atoms with Crippen LogP contribution < -0.4 is 9.62 Å². The molecule has 166 valence electrons. The second-order valence-corrected chi connectivity index (χ2v) is 10.9. The molecule has 0 aliphatic carbocycles. The highest BCUT2D eigenvalue weighted by molar-refractivity contribution is 7.93. The topological polar surface area (TPSA) is 75.7 Å². The smallest absolute Gasteiger partial charge is 0.257 e. The first-order chi connectivity index (χ1) is 14.7. The lowest BCUT2D eigenvalue weighted by Gasteiger charge is -2.23. The van der Waals surface area contributed by atoms with Gasteiger partial charge in [0.05, 0.1) is 27.0 Å². The van der Waals surface area contributed by atoms with Crippen LogP contribution in [0.2, 0.25) is 15.1 Å². The second-order valence-electron chi connectivity index (χ2n) is 7.64. The highest BCUT2D eigenvalue weighted by Gasteiger charge is 2.30. The van der Waals surface area contributed by atoms with Crippen molar-refractivity contribution in [1.82, 2.24) is 0 Å².